The van der Waals surface area contributed by atoms with E-state index in [4.69, 9.17) is 5.73 Å². The number of hydrogen-bond donors (Lipinski definition) is 1. The van der Waals surface area contributed by atoms with Crippen LogP contribution >= 0.6 is 0 Å². The molecule has 2 amide bonds. The fourth-order valence-corrected chi connectivity index (χ4v) is 4.27. The number of amides is 2. The van der Waals surface area contributed by atoms with Gasteiger partial charge in [-0.2, -0.15) is 0 Å². The minimum atomic E-state index is -0.802. The molecule has 1 aliphatic rings. The number of nitrogens with two attached hydrogens (primary N) is 1. The number of piperidine rings is 1. The normalized spacial score (nSPS) is 14.9. The number of likely N-dealkylation sites (tertiary alicyclic amines) is 1. The van der Waals surface area contributed by atoms with E-state index >= 15 is 0 Å². The summed E-state index contributed by atoms with van der Waals surface area (Å²) in [7, 11) is 2.07. The predicted octanol–water partition coefficient (Wildman–Crippen LogP) is 3.24. The second kappa shape index (κ2) is 10.6. The molecular weight excluding hydrogens is 409 g/mol. The van der Waals surface area contributed by atoms with E-state index in [0.29, 0.717) is 23.8 Å². The van der Waals surface area contributed by atoms with Gasteiger partial charge in [0.1, 0.15) is 5.82 Å². The van der Waals surface area contributed by atoms with Crippen molar-refractivity contribution < 1.29 is 14.0 Å². The van der Waals surface area contributed by atoms with Crippen molar-refractivity contribution in [1.29, 1.82) is 0 Å². The monoisotopic (exact) mass is 441 g/mol. The Morgan fingerprint density at radius 2 is 1.88 bits per heavy atom. The van der Waals surface area contributed by atoms with Gasteiger partial charge in [-0.15, -0.1) is 0 Å². The molecule has 0 saturated carbocycles. The van der Waals surface area contributed by atoms with E-state index in [2.05, 4.69) is 35.8 Å². The highest BCUT2D eigenvalue weighted by molar-refractivity contribution is 5.93. The Labute approximate surface area is 188 Å². The smallest absolute Gasteiger partial charge is 0.251 e. The van der Waals surface area contributed by atoms with Crippen molar-refractivity contribution in [2.45, 2.75) is 52.1 Å². The maximum absolute atomic E-state index is 14.0. The van der Waals surface area contributed by atoms with Gasteiger partial charge in [-0.25, -0.2) is 4.39 Å². The molecule has 0 bridgehead atoms. The minimum absolute atomic E-state index is 0.138. The number of primary amides is 1. The van der Waals surface area contributed by atoms with Gasteiger partial charge >= 0.3 is 0 Å². The SMILES string of the molecule is CCC(CC)C(=O)N1CCC(N(C)Cc2cnc(-c3ccc(C(N)=O)c(F)c3)cn2)CC1. The van der Waals surface area contributed by atoms with Gasteiger partial charge in [0.15, 0.2) is 0 Å². The van der Waals surface area contributed by atoms with E-state index in [1.165, 1.54) is 12.1 Å². The number of benzene rings is 1. The number of carbonyl (C=O) groups is 2. The zero-order chi connectivity index (χ0) is 23.3. The molecule has 0 atom stereocenters. The summed E-state index contributed by atoms with van der Waals surface area (Å²) in [6, 6.07) is 4.59. The topological polar surface area (TPSA) is 92.4 Å². The summed E-state index contributed by atoms with van der Waals surface area (Å²) in [6.45, 7) is 6.38. The van der Waals surface area contributed by atoms with E-state index in [-0.39, 0.29) is 17.4 Å². The van der Waals surface area contributed by atoms with Crippen molar-refractivity contribution in [3.63, 3.8) is 0 Å². The summed E-state index contributed by atoms with van der Waals surface area (Å²) in [4.78, 5) is 36.9. The van der Waals surface area contributed by atoms with Crippen LogP contribution in [0.15, 0.2) is 30.6 Å². The van der Waals surface area contributed by atoms with Gasteiger partial charge in [0, 0.05) is 37.2 Å². The number of halogens is 1. The Morgan fingerprint density at radius 1 is 1.19 bits per heavy atom. The molecule has 1 aromatic heterocycles. The van der Waals surface area contributed by atoms with Crippen LogP contribution in [0.25, 0.3) is 11.3 Å². The Hall–Kier alpha value is -2.87. The van der Waals surface area contributed by atoms with Crippen LogP contribution in [0.5, 0.6) is 0 Å². The zero-order valence-corrected chi connectivity index (χ0v) is 19.1. The number of aromatic nitrogens is 2. The standard InChI is InChI=1S/C24H32FN5O2/c1-4-16(5-2)24(32)30-10-8-19(9-11-30)29(3)15-18-13-28-22(14-27-18)17-6-7-20(23(26)31)21(25)12-17/h6-7,12-14,16,19H,4-5,8-11,15H2,1-3H3,(H2,26,31). The van der Waals surface area contributed by atoms with Crippen LogP contribution in [0.2, 0.25) is 0 Å². The molecule has 0 spiro atoms. The fourth-order valence-electron chi connectivity index (χ4n) is 4.27. The number of carbonyl (C=O) groups excluding carboxylic acids is 2. The van der Waals surface area contributed by atoms with E-state index in [1.54, 1.807) is 18.5 Å². The van der Waals surface area contributed by atoms with E-state index < -0.39 is 11.7 Å². The summed E-state index contributed by atoms with van der Waals surface area (Å²) < 4.78 is 14.0. The van der Waals surface area contributed by atoms with E-state index in [1.807, 2.05) is 4.90 Å². The fraction of sp³-hybridized carbons (Fsp3) is 0.500. The highest BCUT2D eigenvalue weighted by Gasteiger charge is 2.28. The molecule has 7 nitrogen and oxygen atoms in total. The Balaban J connectivity index is 1.56. The highest BCUT2D eigenvalue weighted by Crippen LogP contribution is 2.22. The van der Waals surface area contributed by atoms with Crippen LogP contribution in [-0.4, -0.2) is 57.8 Å². The molecule has 1 saturated heterocycles. The maximum atomic E-state index is 14.0. The van der Waals surface area contributed by atoms with Gasteiger partial charge in [0.25, 0.3) is 5.91 Å². The summed E-state index contributed by atoms with van der Waals surface area (Å²) in [5, 5.41) is 0. The third-order valence-electron chi connectivity index (χ3n) is 6.38. The largest absolute Gasteiger partial charge is 0.366 e. The first-order valence-corrected chi connectivity index (χ1v) is 11.2. The number of hydrogen-bond acceptors (Lipinski definition) is 5. The first-order valence-electron chi connectivity index (χ1n) is 11.2. The van der Waals surface area contributed by atoms with Gasteiger partial charge in [-0.05, 0) is 44.9 Å². The third kappa shape index (κ3) is 5.48. The molecule has 2 aromatic rings. The molecule has 0 unspecified atom stereocenters. The molecule has 8 heteroatoms. The second-order valence-electron chi connectivity index (χ2n) is 8.44. The quantitative estimate of drug-likeness (QED) is 0.679. The van der Waals surface area contributed by atoms with Gasteiger partial charge in [-0.3, -0.25) is 24.5 Å². The minimum Gasteiger partial charge on any atom is -0.366 e. The van der Waals surface area contributed by atoms with Crippen molar-refractivity contribution in [2.75, 3.05) is 20.1 Å². The van der Waals surface area contributed by atoms with Gasteiger partial charge in [0.05, 0.1) is 29.3 Å². The van der Waals surface area contributed by atoms with Crippen LogP contribution in [0.4, 0.5) is 4.39 Å². The predicted molar refractivity (Wildman–Crippen MR) is 121 cm³/mol. The lowest BCUT2D eigenvalue weighted by atomic mass is 9.98. The molecule has 3 rings (SSSR count). The van der Waals surface area contributed by atoms with Gasteiger partial charge in [-0.1, -0.05) is 19.9 Å². The average molecular weight is 442 g/mol. The molecule has 1 aromatic carbocycles. The van der Waals surface area contributed by atoms with Crippen LogP contribution in [-0.2, 0) is 11.3 Å². The van der Waals surface area contributed by atoms with Crippen LogP contribution in [0.1, 0.15) is 55.6 Å². The van der Waals surface area contributed by atoms with E-state index in [0.717, 1.165) is 44.5 Å². The molecule has 0 aliphatic carbocycles. The van der Waals surface area contributed by atoms with Crippen molar-refractivity contribution >= 4 is 11.8 Å². The molecule has 0 radical (unpaired) electrons. The highest BCUT2D eigenvalue weighted by atomic mass is 19.1. The molecule has 1 aliphatic heterocycles. The van der Waals surface area contributed by atoms with Gasteiger partial charge < -0.3 is 10.6 Å². The van der Waals surface area contributed by atoms with Crippen molar-refractivity contribution in [3.05, 3.63) is 47.7 Å². The molecule has 32 heavy (non-hydrogen) atoms. The molecule has 172 valence electrons. The van der Waals surface area contributed by atoms with E-state index in [9.17, 15) is 14.0 Å². The lowest BCUT2D eigenvalue weighted by Crippen LogP contribution is -2.47. The molecule has 2 heterocycles. The summed E-state index contributed by atoms with van der Waals surface area (Å²) in [5.41, 5.74) is 6.89. The first-order chi connectivity index (χ1) is 15.3. The molecule has 2 N–H and O–H groups in total. The number of nitrogens with zero attached hydrogens (tertiary/aromatic N) is 4. The molecular formula is C24H32FN5O2. The zero-order valence-electron chi connectivity index (χ0n) is 19.1. The summed E-state index contributed by atoms with van der Waals surface area (Å²) >= 11 is 0. The second-order valence-corrected chi connectivity index (χ2v) is 8.44. The van der Waals surface area contributed by atoms with Crippen molar-refractivity contribution in [1.82, 2.24) is 19.8 Å². The first kappa shape index (κ1) is 23.8. The van der Waals surface area contributed by atoms with Crippen molar-refractivity contribution in [3.8, 4) is 11.3 Å². The summed E-state index contributed by atoms with van der Waals surface area (Å²) in [5.74, 6) is -1.05. The average Bonchev–Trinajstić information content (AvgIpc) is 2.80. The van der Waals surface area contributed by atoms with Gasteiger partial charge in [0.2, 0.25) is 5.91 Å². The Kier molecular flexibility index (Phi) is 7.90. The Bertz CT molecular complexity index is 938. The Morgan fingerprint density at radius 3 is 2.41 bits per heavy atom. The van der Waals surface area contributed by atoms with Crippen LogP contribution < -0.4 is 5.73 Å². The van der Waals surface area contributed by atoms with Crippen LogP contribution in [0.3, 0.4) is 0 Å². The van der Waals surface area contributed by atoms with Crippen LogP contribution in [0, 0.1) is 11.7 Å². The maximum Gasteiger partial charge on any atom is 0.251 e. The lowest BCUT2D eigenvalue weighted by molar-refractivity contribution is -0.137. The number of rotatable bonds is 8. The lowest BCUT2D eigenvalue weighted by Gasteiger charge is -2.37. The molecule has 1 fully saturated rings. The van der Waals surface area contributed by atoms with Crippen molar-refractivity contribution in [2.24, 2.45) is 11.7 Å². The third-order valence-corrected chi connectivity index (χ3v) is 6.38. The summed E-state index contributed by atoms with van der Waals surface area (Å²) in [6.07, 6.45) is 6.98.